The second kappa shape index (κ2) is 24.4. The van der Waals surface area contributed by atoms with Crippen molar-refractivity contribution in [3.63, 3.8) is 0 Å². The summed E-state index contributed by atoms with van der Waals surface area (Å²) in [5, 5.41) is 99.9. The normalized spacial score (nSPS) is 13.6. The van der Waals surface area contributed by atoms with Crippen LogP contribution in [0.2, 0.25) is 0 Å². The van der Waals surface area contributed by atoms with Crippen LogP contribution in [0, 0.1) is 41.5 Å². The van der Waals surface area contributed by atoms with Gasteiger partial charge in [-0.15, -0.1) is 98.6 Å². The highest BCUT2D eigenvalue weighted by atomic mass is 32.1. The van der Waals surface area contributed by atoms with Gasteiger partial charge in [-0.3, -0.25) is 14.0 Å². The molecule has 0 saturated carbocycles. The molecule has 0 saturated heterocycles. The zero-order chi connectivity index (χ0) is 57.1. The summed E-state index contributed by atoms with van der Waals surface area (Å²) in [5.41, 5.74) is 1.78. The van der Waals surface area contributed by atoms with Gasteiger partial charge in [0.25, 0.3) is 0 Å². The van der Waals surface area contributed by atoms with Crippen molar-refractivity contribution in [3.8, 4) is 0 Å². The van der Waals surface area contributed by atoms with Crippen LogP contribution >= 0.6 is 102 Å². The molecule has 81 heavy (non-hydrogen) atoms. The smallest absolute Gasteiger partial charge is 0.211 e. The number of hydrogen-bond acceptors (Lipinski definition) is 30. The molecule has 12 rings (SSSR count). The molecule has 420 valence electrons. The van der Waals surface area contributed by atoms with E-state index in [9.17, 15) is 15.3 Å². The molecule has 0 amide bonds. The minimum Gasteiger partial charge on any atom is -0.376 e. The van der Waals surface area contributed by atoms with Gasteiger partial charge in [-0.2, -0.15) is 15.3 Å². The minimum atomic E-state index is -1.27. The van der Waals surface area contributed by atoms with Gasteiger partial charge < -0.3 is 31.3 Å². The van der Waals surface area contributed by atoms with Gasteiger partial charge in [0.1, 0.15) is 15.0 Å². The molecule has 24 nitrogen and oxygen atoms in total. The van der Waals surface area contributed by atoms with Crippen molar-refractivity contribution in [3.05, 3.63) is 148 Å². The summed E-state index contributed by atoms with van der Waals surface area (Å²) in [5.74, 6) is 1.98. The zero-order valence-electron chi connectivity index (χ0n) is 44.6. The lowest BCUT2D eigenvalue weighted by atomic mass is 10.1. The molecule has 6 N–H and O–H groups in total. The Balaban J connectivity index is 0.000000136. The van der Waals surface area contributed by atoms with E-state index < -0.39 is 16.8 Å². The molecule has 12 aromatic heterocycles. The molecule has 12 heterocycles. The number of nitrogens with one attached hydrogen (secondary N) is 3. The van der Waals surface area contributed by atoms with Crippen LogP contribution in [0.3, 0.4) is 0 Å². The highest BCUT2D eigenvalue weighted by molar-refractivity contribution is 7.17. The molecule has 0 bridgehead atoms. The van der Waals surface area contributed by atoms with Gasteiger partial charge in [-0.05, 0) is 62.3 Å². The Kier molecular flexibility index (Phi) is 17.4. The molecule has 1 unspecified atom stereocenters. The molecular weight excluding hydrogens is 1210 g/mol. The maximum atomic E-state index is 10.8. The second-order valence-corrected chi connectivity index (χ2v) is 27.2. The summed E-state index contributed by atoms with van der Waals surface area (Å²) < 4.78 is 5.44. The zero-order valence-corrected chi connectivity index (χ0v) is 52.0. The van der Waals surface area contributed by atoms with Crippen molar-refractivity contribution in [1.29, 1.82) is 0 Å². The Morgan fingerprint density at radius 3 is 0.901 bits per heavy atom. The number of nitrogens with zero attached hydrogens (tertiary/aromatic N) is 18. The van der Waals surface area contributed by atoms with Gasteiger partial charge in [0.05, 0.1) is 51.7 Å². The largest absolute Gasteiger partial charge is 0.376 e. The van der Waals surface area contributed by atoms with Crippen LogP contribution in [0.5, 0.6) is 0 Å². The SMILES string of the molecule is Cc1csc(C(C)(O)c2nnc(Nc3ccn(Cc4csc(C)n4)n3)s2)n1.Cc1csc([C@@](C)(O)c2nnc(Nc3ccn(Cc4csc(C)n4)n3)s2)n1.Cc1csc([C@](C)(O)c2nnc(Nc3ccn(Cc4csc(C)n4)n3)s2)n1. The lowest BCUT2D eigenvalue weighted by Gasteiger charge is -2.16. The van der Waals surface area contributed by atoms with E-state index in [-0.39, 0.29) is 0 Å². The van der Waals surface area contributed by atoms with Gasteiger partial charge in [-0.1, -0.05) is 34.0 Å². The summed E-state index contributed by atoms with van der Waals surface area (Å²) >= 11 is 12.9. The molecule has 0 aromatic carbocycles. The third-order valence-electron chi connectivity index (χ3n) is 11.2. The number of hydrogen-bond donors (Lipinski definition) is 6. The fraction of sp³-hybridized carbons (Fsp3) is 0.312. The number of rotatable bonds is 18. The topological polar surface area (TPSA) is 305 Å². The first-order valence-corrected chi connectivity index (χ1v) is 32.0. The van der Waals surface area contributed by atoms with E-state index in [2.05, 4.69) is 91.7 Å². The summed E-state index contributed by atoms with van der Waals surface area (Å²) in [4.78, 5) is 26.4. The van der Waals surface area contributed by atoms with Gasteiger partial charge in [0.15, 0.2) is 49.3 Å². The van der Waals surface area contributed by atoms with E-state index in [0.717, 1.165) is 49.2 Å². The van der Waals surface area contributed by atoms with E-state index in [1.165, 1.54) is 68.0 Å². The summed E-state index contributed by atoms with van der Waals surface area (Å²) in [6.07, 6.45) is 5.65. The second-order valence-electron chi connectivity index (χ2n) is 18.5. The lowest BCUT2D eigenvalue weighted by Crippen LogP contribution is -2.22. The van der Waals surface area contributed by atoms with Crippen molar-refractivity contribution >= 4 is 135 Å². The van der Waals surface area contributed by atoms with Gasteiger partial charge in [0, 0.05) is 86.2 Å². The fourth-order valence-electron chi connectivity index (χ4n) is 7.24. The quantitative estimate of drug-likeness (QED) is 0.0465. The van der Waals surface area contributed by atoms with Crippen LogP contribution in [0.4, 0.5) is 32.8 Å². The van der Waals surface area contributed by atoms with Crippen molar-refractivity contribution in [1.82, 2.24) is 89.8 Å². The Morgan fingerprint density at radius 2 is 0.667 bits per heavy atom. The predicted molar refractivity (Wildman–Crippen MR) is 321 cm³/mol. The monoisotopic (exact) mass is 1260 g/mol. The lowest BCUT2D eigenvalue weighted by molar-refractivity contribution is 0.100. The van der Waals surface area contributed by atoms with E-state index in [4.69, 9.17) is 0 Å². The third-order valence-corrected chi connectivity index (χ3v) is 20.4. The first-order chi connectivity index (χ1) is 38.7. The Morgan fingerprint density at radius 1 is 0.383 bits per heavy atom. The molecule has 12 aromatic rings. The molecule has 0 spiro atoms. The Labute approximate surface area is 499 Å². The number of aromatic nitrogens is 18. The van der Waals surface area contributed by atoms with Gasteiger partial charge >= 0.3 is 0 Å². The maximum absolute atomic E-state index is 10.8. The molecule has 0 fully saturated rings. The number of anilines is 6. The van der Waals surface area contributed by atoms with Crippen molar-refractivity contribution in [2.75, 3.05) is 16.0 Å². The average molecular weight is 1260 g/mol. The maximum Gasteiger partial charge on any atom is 0.211 e. The van der Waals surface area contributed by atoms with Crippen LogP contribution in [0.15, 0.2) is 69.1 Å². The highest BCUT2D eigenvalue weighted by Gasteiger charge is 2.36. The number of aryl methyl sites for hydroxylation is 6. The molecule has 33 heteroatoms. The molecule has 0 aliphatic carbocycles. The molecular formula is C48H51N21O3S9. The number of aliphatic hydroxyl groups is 3. The summed E-state index contributed by atoms with van der Waals surface area (Å²) in [6.45, 7) is 18.5. The van der Waals surface area contributed by atoms with Crippen LogP contribution in [0.25, 0.3) is 0 Å². The van der Waals surface area contributed by atoms with Gasteiger partial charge in [-0.25, -0.2) is 29.9 Å². The van der Waals surface area contributed by atoms with E-state index in [0.29, 0.717) is 82.5 Å². The van der Waals surface area contributed by atoms with Crippen LogP contribution in [-0.2, 0) is 36.4 Å². The van der Waals surface area contributed by atoms with E-state index in [1.807, 2.05) is 125 Å². The standard InChI is InChI=1S/3C16H17N7OS3/c3*1-9-7-26-13(17-9)16(3,24)14-20-21-15(27-14)19-12-4-5-23(22-12)6-11-8-25-10(2)18-11/h3*4-5,7-8,24H,6H2,1-3H3,(H,19,21,22)/t2*16-;/m10./s1. The highest BCUT2D eigenvalue weighted by Crippen LogP contribution is 2.38. The van der Waals surface area contributed by atoms with Crippen molar-refractivity contribution < 1.29 is 15.3 Å². The Bertz CT molecular complexity index is 3590. The van der Waals surface area contributed by atoms with Crippen LogP contribution in [-0.4, -0.2) is 105 Å². The van der Waals surface area contributed by atoms with Crippen molar-refractivity contribution in [2.24, 2.45) is 0 Å². The summed E-state index contributed by atoms with van der Waals surface area (Å²) in [6, 6.07) is 5.59. The third kappa shape index (κ3) is 14.4. The predicted octanol–water partition coefficient (Wildman–Crippen LogP) is 9.94. The average Bonchev–Trinajstić information content (AvgIpc) is 4.45. The molecule has 0 radical (unpaired) electrons. The van der Waals surface area contributed by atoms with Crippen molar-refractivity contribution in [2.45, 2.75) is 98.8 Å². The van der Waals surface area contributed by atoms with Crippen LogP contribution in [0.1, 0.15) is 100 Å². The first kappa shape index (κ1) is 57.6. The fourth-order valence-corrected chi connectivity index (χ4v) is 14.2. The molecule has 0 aliphatic heterocycles. The minimum absolute atomic E-state index is 0.483. The van der Waals surface area contributed by atoms with Crippen LogP contribution < -0.4 is 16.0 Å². The first-order valence-electron chi connectivity index (χ1n) is 24.3. The summed E-state index contributed by atoms with van der Waals surface area (Å²) in [7, 11) is 0. The molecule has 3 atom stereocenters. The number of thiazole rings is 6. The van der Waals surface area contributed by atoms with Gasteiger partial charge in [0.2, 0.25) is 15.4 Å². The molecule has 0 aliphatic rings. The Hall–Kier alpha value is -6.63. The van der Waals surface area contributed by atoms with E-state index in [1.54, 1.807) is 54.8 Å². The van der Waals surface area contributed by atoms with E-state index >= 15 is 0 Å².